The van der Waals surface area contributed by atoms with Crippen LogP contribution in [0.5, 0.6) is 0 Å². The van der Waals surface area contributed by atoms with E-state index in [1.807, 2.05) is 0 Å². The molecule has 0 aromatic carbocycles. The third-order valence-corrected chi connectivity index (χ3v) is 3.20. The first-order chi connectivity index (χ1) is 7.63. The molecule has 0 radical (unpaired) electrons. The van der Waals surface area contributed by atoms with Gasteiger partial charge in [0.05, 0.1) is 22.0 Å². The maximum Gasteiger partial charge on any atom is 0.228 e. The van der Waals surface area contributed by atoms with Gasteiger partial charge in [-0.15, -0.1) is 12.3 Å². The van der Waals surface area contributed by atoms with Crippen molar-refractivity contribution in [2.75, 3.05) is 17.2 Å². The molecule has 1 amide bonds. The second-order valence-electron chi connectivity index (χ2n) is 3.63. The van der Waals surface area contributed by atoms with Crippen LogP contribution in [0.4, 0.5) is 11.4 Å². The zero-order chi connectivity index (χ0) is 11.7. The Morgan fingerprint density at radius 2 is 2.38 bits per heavy atom. The van der Waals surface area contributed by atoms with Gasteiger partial charge in [0.25, 0.3) is 0 Å². The van der Waals surface area contributed by atoms with Gasteiger partial charge in [-0.1, -0.05) is 0 Å². The second-order valence-corrected chi connectivity index (χ2v) is 4.48. The number of anilines is 2. The molecule has 2 rings (SSSR count). The van der Waals surface area contributed by atoms with Crippen molar-refractivity contribution < 1.29 is 4.79 Å². The molecule has 1 aromatic heterocycles. The molecule has 1 aliphatic rings. The first kappa shape index (κ1) is 11.0. The Hall–Kier alpha value is -1.54. The van der Waals surface area contributed by atoms with Crippen LogP contribution in [0.1, 0.15) is 6.42 Å². The number of aromatic nitrogens is 1. The fraction of sp³-hybridized carbons (Fsp3) is 0.273. The molecular formula is C11H10BrN3O. The average Bonchev–Trinajstić information content (AvgIpc) is 2.64. The minimum absolute atomic E-state index is 0.00505. The van der Waals surface area contributed by atoms with Crippen LogP contribution in [-0.2, 0) is 4.79 Å². The number of nitrogen functional groups attached to an aromatic ring is 1. The fourth-order valence-corrected chi connectivity index (χ4v) is 2.02. The molecule has 2 heterocycles. The van der Waals surface area contributed by atoms with Gasteiger partial charge in [0.2, 0.25) is 5.91 Å². The smallest absolute Gasteiger partial charge is 0.228 e. The summed E-state index contributed by atoms with van der Waals surface area (Å²) in [6.45, 7) is 0.512. The molecule has 1 unspecified atom stereocenters. The summed E-state index contributed by atoms with van der Waals surface area (Å²) in [5.74, 6) is 2.55. The number of nitrogens with zero attached hydrogens (tertiary/aromatic N) is 2. The highest BCUT2D eigenvalue weighted by Gasteiger charge is 2.30. The maximum absolute atomic E-state index is 11.7. The maximum atomic E-state index is 11.7. The van der Waals surface area contributed by atoms with Crippen LogP contribution in [0, 0.1) is 18.3 Å². The number of nitrogens with two attached hydrogens (primary N) is 1. The Balaban J connectivity index is 2.36. The van der Waals surface area contributed by atoms with E-state index < -0.39 is 0 Å². The Kier molecular flexibility index (Phi) is 2.84. The lowest BCUT2D eigenvalue weighted by atomic mass is 10.1. The van der Waals surface area contributed by atoms with E-state index in [9.17, 15) is 4.79 Å². The van der Waals surface area contributed by atoms with E-state index in [4.69, 9.17) is 12.2 Å². The van der Waals surface area contributed by atoms with E-state index in [-0.39, 0.29) is 11.8 Å². The van der Waals surface area contributed by atoms with Gasteiger partial charge in [-0.3, -0.25) is 9.78 Å². The quantitative estimate of drug-likeness (QED) is 0.791. The third-order valence-electron chi connectivity index (χ3n) is 2.57. The fourth-order valence-electron chi connectivity index (χ4n) is 1.70. The highest BCUT2D eigenvalue weighted by atomic mass is 79.9. The molecule has 2 N–H and O–H groups in total. The summed E-state index contributed by atoms with van der Waals surface area (Å²) in [6.07, 6.45) is 8.87. The molecule has 1 aromatic rings. The van der Waals surface area contributed by atoms with Crippen LogP contribution >= 0.6 is 15.9 Å². The summed E-state index contributed by atoms with van der Waals surface area (Å²) in [7, 11) is 0. The zero-order valence-electron chi connectivity index (χ0n) is 8.48. The third kappa shape index (κ3) is 1.76. The number of terminal acetylenes is 1. The molecule has 1 atom stereocenters. The van der Waals surface area contributed by atoms with Gasteiger partial charge in [0.15, 0.2) is 0 Å². The highest BCUT2D eigenvalue weighted by Crippen LogP contribution is 2.32. The van der Waals surface area contributed by atoms with E-state index in [0.29, 0.717) is 28.8 Å². The van der Waals surface area contributed by atoms with Crippen LogP contribution in [0.2, 0.25) is 0 Å². The highest BCUT2D eigenvalue weighted by molar-refractivity contribution is 9.10. The molecule has 0 spiro atoms. The Labute approximate surface area is 102 Å². The molecule has 0 saturated carbocycles. The minimum atomic E-state index is -0.0362. The Bertz CT molecular complexity index is 481. The van der Waals surface area contributed by atoms with E-state index in [1.165, 1.54) is 0 Å². The van der Waals surface area contributed by atoms with Crippen LogP contribution in [0.25, 0.3) is 0 Å². The molecule has 1 aliphatic heterocycles. The van der Waals surface area contributed by atoms with Crippen molar-refractivity contribution in [3.63, 3.8) is 0 Å². The number of amides is 1. The summed E-state index contributed by atoms with van der Waals surface area (Å²) >= 11 is 3.28. The first-order valence-corrected chi connectivity index (χ1v) is 5.58. The molecule has 16 heavy (non-hydrogen) atoms. The molecular weight excluding hydrogens is 270 g/mol. The van der Waals surface area contributed by atoms with Gasteiger partial charge in [-0.2, -0.15) is 0 Å². The number of hydrogen-bond donors (Lipinski definition) is 1. The van der Waals surface area contributed by atoms with Crippen molar-refractivity contribution in [3.8, 4) is 12.3 Å². The van der Waals surface area contributed by atoms with Gasteiger partial charge >= 0.3 is 0 Å². The standard InChI is InChI=1S/C11H10BrN3O/c1-2-7-3-10(16)15(6-7)9-5-14-4-8(12)11(9)13/h1,4-5,7H,3,6H2,(H2,13,14). The predicted molar refractivity (Wildman–Crippen MR) is 65.6 cm³/mol. The van der Waals surface area contributed by atoms with Crippen molar-refractivity contribution >= 4 is 33.2 Å². The van der Waals surface area contributed by atoms with E-state index in [0.717, 1.165) is 0 Å². The summed E-state index contributed by atoms with van der Waals surface area (Å²) in [5.41, 5.74) is 7.02. The number of rotatable bonds is 1. The van der Waals surface area contributed by atoms with Gasteiger partial charge in [0.1, 0.15) is 0 Å². The number of carbonyl (C=O) groups is 1. The molecule has 4 nitrogen and oxygen atoms in total. The van der Waals surface area contributed by atoms with Crippen LogP contribution < -0.4 is 10.6 Å². The normalized spacial score (nSPS) is 19.9. The van der Waals surface area contributed by atoms with E-state index in [1.54, 1.807) is 17.3 Å². The largest absolute Gasteiger partial charge is 0.396 e. The zero-order valence-corrected chi connectivity index (χ0v) is 10.1. The SMILES string of the molecule is C#CC1CC(=O)N(c2cncc(Br)c2N)C1. The number of halogens is 1. The number of pyridine rings is 1. The van der Waals surface area contributed by atoms with Crippen molar-refractivity contribution in [1.29, 1.82) is 0 Å². The predicted octanol–water partition coefficient (Wildman–Crippen LogP) is 1.41. The first-order valence-electron chi connectivity index (χ1n) is 4.79. The van der Waals surface area contributed by atoms with Gasteiger partial charge < -0.3 is 10.6 Å². The van der Waals surface area contributed by atoms with Crippen LogP contribution in [-0.4, -0.2) is 17.4 Å². The Morgan fingerprint density at radius 1 is 1.62 bits per heavy atom. The molecule has 82 valence electrons. The van der Waals surface area contributed by atoms with Crippen LogP contribution in [0.15, 0.2) is 16.9 Å². The average molecular weight is 280 g/mol. The monoisotopic (exact) mass is 279 g/mol. The lowest BCUT2D eigenvalue weighted by Gasteiger charge is -2.18. The summed E-state index contributed by atoms with van der Waals surface area (Å²) in [6, 6.07) is 0. The van der Waals surface area contributed by atoms with Crippen molar-refractivity contribution in [3.05, 3.63) is 16.9 Å². The van der Waals surface area contributed by atoms with Crippen LogP contribution in [0.3, 0.4) is 0 Å². The van der Waals surface area contributed by atoms with Gasteiger partial charge in [-0.05, 0) is 15.9 Å². The van der Waals surface area contributed by atoms with E-state index >= 15 is 0 Å². The number of hydrogen-bond acceptors (Lipinski definition) is 3. The lowest BCUT2D eigenvalue weighted by Crippen LogP contribution is -2.25. The summed E-state index contributed by atoms with van der Waals surface area (Å²) < 4.78 is 0.682. The molecule has 0 aliphatic carbocycles. The summed E-state index contributed by atoms with van der Waals surface area (Å²) in [5, 5.41) is 0. The lowest BCUT2D eigenvalue weighted by molar-refractivity contribution is -0.117. The minimum Gasteiger partial charge on any atom is -0.396 e. The van der Waals surface area contributed by atoms with E-state index in [2.05, 4.69) is 26.8 Å². The molecule has 1 saturated heterocycles. The second kappa shape index (κ2) is 4.14. The Morgan fingerprint density at radius 3 is 3.00 bits per heavy atom. The van der Waals surface area contributed by atoms with Crippen molar-refractivity contribution in [1.82, 2.24) is 4.98 Å². The number of carbonyl (C=O) groups excluding carboxylic acids is 1. The van der Waals surface area contributed by atoms with Crippen molar-refractivity contribution in [2.45, 2.75) is 6.42 Å². The van der Waals surface area contributed by atoms with Gasteiger partial charge in [-0.25, -0.2) is 0 Å². The topological polar surface area (TPSA) is 59.2 Å². The molecule has 0 bridgehead atoms. The molecule has 1 fully saturated rings. The van der Waals surface area contributed by atoms with Gasteiger partial charge in [0, 0.05) is 25.1 Å². The summed E-state index contributed by atoms with van der Waals surface area (Å²) in [4.78, 5) is 17.3. The molecule has 5 heteroatoms. The van der Waals surface area contributed by atoms with Crippen molar-refractivity contribution in [2.24, 2.45) is 5.92 Å².